The van der Waals surface area contributed by atoms with E-state index in [4.69, 9.17) is 0 Å². The van der Waals surface area contributed by atoms with Gasteiger partial charge in [-0.3, -0.25) is 9.69 Å². The predicted molar refractivity (Wildman–Crippen MR) is 88.7 cm³/mol. The molecule has 0 saturated heterocycles. The average molecular weight is 288 g/mol. The zero-order valence-corrected chi connectivity index (χ0v) is 13.8. The summed E-state index contributed by atoms with van der Waals surface area (Å²) in [7, 11) is 2.10. The number of aryl methyl sites for hydroxylation is 2. The van der Waals surface area contributed by atoms with Crippen LogP contribution in [0.5, 0.6) is 0 Å². The Balaban J connectivity index is 2.14. The van der Waals surface area contributed by atoms with Crippen LogP contribution in [0.1, 0.15) is 50.2 Å². The third-order valence-corrected chi connectivity index (χ3v) is 4.90. The van der Waals surface area contributed by atoms with Gasteiger partial charge in [-0.2, -0.15) is 0 Å². The lowest BCUT2D eigenvalue weighted by molar-refractivity contribution is -0.133. The van der Waals surface area contributed by atoms with Crippen molar-refractivity contribution in [2.75, 3.05) is 18.9 Å². The first kappa shape index (κ1) is 16.0. The van der Waals surface area contributed by atoms with Crippen molar-refractivity contribution in [1.82, 2.24) is 4.90 Å². The van der Waals surface area contributed by atoms with Crippen LogP contribution in [0.3, 0.4) is 0 Å². The second-order valence-corrected chi connectivity index (χ2v) is 6.38. The molecule has 116 valence electrons. The monoisotopic (exact) mass is 288 g/mol. The summed E-state index contributed by atoms with van der Waals surface area (Å²) in [6.45, 7) is 7.29. The third kappa shape index (κ3) is 3.13. The van der Waals surface area contributed by atoms with Crippen molar-refractivity contribution >= 4 is 11.6 Å². The highest BCUT2D eigenvalue weighted by atomic mass is 16.2. The van der Waals surface area contributed by atoms with E-state index in [1.807, 2.05) is 6.07 Å². The van der Waals surface area contributed by atoms with Gasteiger partial charge in [-0.25, -0.2) is 0 Å². The number of likely N-dealkylation sites (N-methyl/N-ethyl adjacent to an activating group) is 1. The fraction of sp³-hybridized carbons (Fsp3) is 0.611. The molecule has 1 saturated carbocycles. The molecule has 1 N–H and O–H groups in total. The highest BCUT2D eigenvalue weighted by Crippen LogP contribution is 2.38. The molecule has 0 unspecified atom stereocenters. The third-order valence-electron chi connectivity index (χ3n) is 4.90. The second kappa shape index (κ2) is 6.61. The molecule has 21 heavy (non-hydrogen) atoms. The average Bonchev–Trinajstić information content (AvgIpc) is 2.39. The summed E-state index contributed by atoms with van der Waals surface area (Å²) < 4.78 is 0. The maximum absolute atomic E-state index is 12.9. The van der Waals surface area contributed by atoms with E-state index in [-0.39, 0.29) is 11.4 Å². The number of carbonyl (C=O) groups excluding carboxylic acids is 1. The summed E-state index contributed by atoms with van der Waals surface area (Å²) in [5, 5.41) is 3.20. The van der Waals surface area contributed by atoms with E-state index in [9.17, 15) is 4.79 Å². The number of benzene rings is 1. The number of nitrogens with zero attached hydrogens (tertiary/aromatic N) is 1. The standard InChI is InChI=1S/C18H28N2O/c1-5-6-13-20(4)18(11-8-12-18)17(21)19-16-14(2)9-7-10-15(16)3/h7,9-10H,5-6,8,11-13H2,1-4H3,(H,19,21). The molecule has 0 atom stereocenters. The van der Waals surface area contributed by atoms with Crippen LogP contribution in [-0.4, -0.2) is 29.9 Å². The lowest BCUT2D eigenvalue weighted by Gasteiger charge is -2.47. The van der Waals surface area contributed by atoms with Gasteiger partial charge in [-0.05, 0) is 64.3 Å². The zero-order chi connectivity index (χ0) is 15.5. The molecule has 1 aromatic carbocycles. The summed E-state index contributed by atoms with van der Waals surface area (Å²) >= 11 is 0. The fourth-order valence-corrected chi connectivity index (χ4v) is 3.14. The van der Waals surface area contributed by atoms with Gasteiger partial charge in [0.15, 0.2) is 0 Å². The molecular weight excluding hydrogens is 260 g/mol. The van der Waals surface area contributed by atoms with Gasteiger partial charge in [0.2, 0.25) is 5.91 Å². The van der Waals surface area contributed by atoms with Crippen molar-refractivity contribution in [1.29, 1.82) is 0 Å². The molecule has 0 aliphatic heterocycles. The molecule has 0 radical (unpaired) electrons. The molecule has 0 bridgehead atoms. The molecule has 1 aliphatic carbocycles. The molecule has 2 rings (SSSR count). The van der Waals surface area contributed by atoms with Crippen molar-refractivity contribution in [3.05, 3.63) is 29.3 Å². The van der Waals surface area contributed by atoms with E-state index in [2.05, 4.69) is 50.2 Å². The first-order chi connectivity index (χ1) is 10.0. The molecule has 0 spiro atoms. The fourth-order valence-electron chi connectivity index (χ4n) is 3.14. The first-order valence-corrected chi connectivity index (χ1v) is 8.10. The normalized spacial score (nSPS) is 16.6. The number of unbranched alkanes of at least 4 members (excludes halogenated alkanes) is 1. The molecule has 1 aromatic rings. The van der Waals surface area contributed by atoms with Crippen molar-refractivity contribution in [3.8, 4) is 0 Å². The lowest BCUT2D eigenvalue weighted by atomic mass is 9.74. The molecular formula is C18H28N2O. The minimum Gasteiger partial charge on any atom is -0.324 e. The molecule has 1 fully saturated rings. The van der Waals surface area contributed by atoms with E-state index < -0.39 is 0 Å². The predicted octanol–water partition coefficient (Wildman–Crippen LogP) is 3.90. The van der Waals surface area contributed by atoms with Gasteiger partial charge >= 0.3 is 0 Å². The molecule has 1 aliphatic rings. The zero-order valence-electron chi connectivity index (χ0n) is 13.8. The van der Waals surface area contributed by atoms with E-state index in [1.165, 1.54) is 6.42 Å². The number of hydrogen-bond donors (Lipinski definition) is 1. The van der Waals surface area contributed by atoms with Gasteiger partial charge < -0.3 is 5.32 Å². The van der Waals surface area contributed by atoms with Gasteiger partial charge in [0.1, 0.15) is 5.54 Å². The Morgan fingerprint density at radius 1 is 1.29 bits per heavy atom. The van der Waals surface area contributed by atoms with Gasteiger partial charge in [0.25, 0.3) is 0 Å². The van der Waals surface area contributed by atoms with Crippen LogP contribution >= 0.6 is 0 Å². The van der Waals surface area contributed by atoms with Gasteiger partial charge in [-0.1, -0.05) is 31.5 Å². The highest BCUT2D eigenvalue weighted by Gasteiger charge is 2.47. The minimum absolute atomic E-state index is 0.171. The summed E-state index contributed by atoms with van der Waals surface area (Å²) in [5.41, 5.74) is 2.96. The Bertz CT molecular complexity index is 486. The van der Waals surface area contributed by atoms with Crippen LogP contribution < -0.4 is 5.32 Å². The first-order valence-electron chi connectivity index (χ1n) is 8.10. The van der Waals surface area contributed by atoms with Gasteiger partial charge in [-0.15, -0.1) is 0 Å². The summed E-state index contributed by atoms with van der Waals surface area (Å²) in [4.78, 5) is 15.1. The van der Waals surface area contributed by atoms with Gasteiger partial charge in [0, 0.05) is 5.69 Å². The molecule has 3 heteroatoms. The van der Waals surface area contributed by atoms with Crippen LogP contribution in [0.2, 0.25) is 0 Å². The van der Waals surface area contributed by atoms with Crippen LogP contribution in [0.25, 0.3) is 0 Å². The number of rotatable bonds is 6. The van der Waals surface area contributed by atoms with E-state index in [1.54, 1.807) is 0 Å². The largest absolute Gasteiger partial charge is 0.324 e. The lowest BCUT2D eigenvalue weighted by Crippen LogP contribution is -2.60. The highest BCUT2D eigenvalue weighted by molar-refractivity contribution is 5.99. The number of carbonyl (C=O) groups is 1. The summed E-state index contributed by atoms with van der Waals surface area (Å²) in [6, 6.07) is 6.14. The van der Waals surface area contributed by atoms with Crippen molar-refractivity contribution in [2.24, 2.45) is 0 Å². The van der Waals surface area contributed by atoms with Crippen molar-refractivity contribution in [2.45, 2.75) is 58.4 Å². The molecule has 1 amide bonds. The van der Waals surface area contributed by atoms with Crippen LogP contribution in [0.4, 0.5) is 5.69 Å². The second-order valence-electron chi connectivity index (χ2n) is 6.38. The molecule has 3 nitrogen and oxygen atoms in total. The van der Waals surface area contributed by atoms with Crippen LogP contribution in [0, 0.1) is 13.8 Å². The molecule has 0 heterocycles. The summed E-state index contributed by atoms with van der Waals surface area (Å²) in [6.07, 6.45) is 5.42. The topological polar surface area (TPSA) is 32.3 Å². The summed E-state index contributed by atoms with van der Waals surface area (Å²) in [5.74, 6) is 0.171. The number of anilines is 1. The maximum atomic E-state index is 12.9. The van der Waals surface area contributed by atoms with E-state index >= 15 is 0 Å². The van der Waals surface area contributed by atoms with Crippen LogP contribution in [-0.2, 0) is 4.79 Å². The van der Waals surface area contributed by atoms with Crippen molar-refractivity contribution < 1.29 is 4.79 Å². The van der Waals surface area contributed by atoms with Gasteiger partial charge in [0.05, 0.1) is 0 Å². The van der Waals surface area contributed by atoms with Crippen LogP contribution in [0.15, 0.2) is 18.2 Å². The van der Waals surface area contributed by atoms with E-state index in [0.29, 0.717) is 0 Å². The smallest absolute Gasteiger partial charge is 0.244 e. The minimum atomic E-state index is -0.288. The number of amides is 1. The van der Waals surface area contributed by atoms with Crippen molar-refractivity contribution in [3.63, 3.8) is 0 Å². The Kier molecular flexibility index (Phi) is 5.04. The Hall–Kier alpha value is -1.35. The maximum Gasteiger partial charge on any atom is 0.244 e. The quantitative estimate of drug-likeness (QED) is 0.861. The Labute approximate surface area is 128 Å². The Morgan fingerprint density at radius 2 is 1.90 bits per heavy atom. The number of nitrogens with one attached hydrogen (secondary N) is 1. The number of para-hydroxylation sites is 1. The SMILES string of the molecule is CCCCN(C)C1(C(=O)Nc2c(C)cccc2C)CCC1. The van der Waals surface area contributed by atoms with E-state index in [0.717, 1.165) is 49.0 Å². The number of hydrogen-bond acceptors (Lipinski definition) is 2. The molecule has 0 aromatic heterocycles. The Morgan fingerprint density at radius 3 is 2.38 bits per heavy atom.